The van der Waals surface area contributed by atoms with E-state index in [2.05, 4.69) is 0 Å². The van der Waals surface area contributed by atoms with Crippen molar-refractivity contribution in [1.29, 1.82) is 0 Å². The molecule has 2 N–H and O–H groups in total. The summed E-state index contributed by atoms with van der Waals surface area (Å²) in [5, 5.41) is 19.0. The molecular formula is C8H16O5. The highest BCUT2D eigenvalue weighted by Gasteiger charge is 2.43. The first kappa shape index (κ1) is 10.9. The number of hydrogen-bond acceptors (Lipinski definition) is 5. The lowest BCUT2D eigenvalue weighted by atomic mass is 10.00. The normalized spacial score (nSPS) is 46.4. The highest BCUT2D eigenvalue weighted by molar-refractivity contribution is 4.87. The zero-order chi connectivity index (χ0) is 10.0. The fourth-order valence-corrected chi connectivity index (χ4v) is 1.44. The van der Waals surface area contributed by atoms with Crippen LogP contribution in [0.25, 0.3) is 0 Å². The van der Waals surface area contributed by atoms with Gasteiger partial charge in [-0.15, -0.1) is 0 Å². The summed E-state index contributed by atoms with van der Waals surface area (Å²) < 4.78 is 15.2. The van der Waals surface area contributed by atoms with E-state index < -0.39 is 30.7 Å². The summed E-state index contributed by atoms with van der Waals surface area (Å²) in [6.07, 6.45) is -3.63. The summed E-state index contributed by atoms with van der Waals surface area (Å²) in [7, 11) is 2.90. The fourth-order valence-electron chi connectivity index (χ4n) is 1.44. The van der Waals surface area contributed by atoms with Crippen LogP contribution >= 0.6 is 0 Å². The van der Waals surface area contributed by atoms with Crippen LogP contribution in [-0.2, 0) is 14.2 Å². The first-order chi connectivity index (χ1) is 6.11. The Bertz CT molecular complexity index is 161. The third-order valence-electron chi connectivity index (χ3n) is 2.29. The lowest BCUT2D eigenvalue weighted by molar-refractivity contribution is -0.291. The predicted molar refractivity (Wildman–Crippen MR) is 44.2 cm³/mol. The van der Waals surface area contributed by atoms with Crippen molar-refractivity contribution in [3.8, 4) is 0 Å². The molecule has 0 aliphatic carbocycles. The van der Waals surface area contributed by atoms with Crippen LogP contribution in [0, 0.1) is 0 Å². The molecule has 0 bridgehead atoms. The van der Waals surface area contributed by atoms with E-state index >= 15 is 0 Å². The molecule has 0 aromatic carbocycles. The van der Waals surface area contributed by atoms with Crippen molar-refractivity contribution in [3.63, 3.8) is 0 Å². The van der Waals surface area contributed by atoms with Crippen LogP contribution in [0.1, 0.15) is 6.92 Å². The lowest BCUT2D eigenvalue weighted by Gasteiger charge is -2.39. The molecule has 5 heteroatoms. The Labute approximate surface area is 77.2 Å². The molecule has 1 rings (SSSR count). The van der Waals surface area contributed by atoms with Gasteiger partial charge in [-0.05, 0) is 6.92 Å². The van der Waals surface area contributed by atoms with Gasteiger partial charge in [0.05, 0.1) is 6.10 Å². The van der Waals surface area contributed by atoms with Gasteiger partial charge in [0.2, 0.25) is 0 Å². The molecule has 0 amide bonds. The van der Waals surface area contributed by atoms with Gasteiger partial charge in [-0.1, -0.05) is 0 Å². The number of ether oxygens (including phenoxy) is 3. The van der Waals surface area contributed by atoms with Gasteiger partial charge in [0, 0.05) is 14.2 Å². The van der Waals surface area contributed by atoms with Crippen LogP contribution in [0.2, 0.25) is 0 Å². The Kier molecular flexibility index (Phi) is 3.63. The van der Waals surface area contributed by atoms with Gasteiger partial charge in [0.1, 0.15) is 18.3 Å². The van der Waals surface area contributed by atoms with Gasteiger partial charge in [-0.2, -0.15) is 0 Å². The summed E-state index contributed by atoms with van der Waals surface area (Å²) >= 11 is 0. The maximum atomic E-state index is 9.57. The summed E-state index contributed by atoms with van der Waals surface area (Å²) in [5.41, 5.74) is 0. The molecule has 78 valence electrons. The van der Waals surface area contributed by atoms with E-state index in [-0.39, 0.29) is 0 Å². The molecule has 5 nitrogen and oxygen atoms in total. The average molecular weight is 192 g/mol. The van der Waals surface area contributed by atoms with E-state index in [4.69, 9.17) is 14.2 Å². The number of aliphatic hydroxyl groups excluding tert-OH is 2. The molecule has 1 aliphatic heterocycles. The summed E-state index contributed by atoms with van der Waals surface area (Å²) in [6, 6.07) is 0. The Morgan fingerprint density at radius 2 is 1.69 bits per heavy atom. The van der Waals surface area contributed by atoms with E-state index in [1.165, 1.54) is 14.2 Å². The van der Waals surface area contributed by atoms with Crippen molar-refractivity contribution < 1.29 is 24.4 Å². The van der Waals surface area contributed by atoms with E-state index in [0.29, 0.717) is 0 Å². The number of rotatable bonds is 2. The smallest absolute Gasteiger partial charge is 0.186 e. The van der Waals surface area contributed by atoms with Gasteiger partial charge >= 0.3 is 0 Å². The highest BCUT2D eigenvalue weighted by Crippen LogP contribution is 2.22. The Morgan fingerprint density at radius 3 is 2.15 bits per heavy atom. The van der Waals surface area contributed by atoms with Crippen LogP contribution in [-0.4, -0.2) is 55.1 Å². The van der Waals surface area contributed by atoms with E-state index in [0.717, 1.165) is 0 Å². The molecule has 5 atom stereocenters. The van der Waals surface area contributed by atoms with Gasteiger partial charge in [0.25, 0.3) is 0 Å². The molecule has 0 unspecified atom stereocenters. The van der Waals surface area contributed by atoms with Crippen LogP contribution in [0.5, 0.6) is 0 Å². The number of methoxy groups -OCH3 is 2. The molecule has 1 aliphatic rings. The van der Waals surface area contributed by atoms with Gasteiger partial charge in [0.15, 0.2) is 6.29 Å². The first-order valence-electron chi connectivity index (χ1n) is 4.19. The summed E-state index contributed by atoms with van der Waals surface area (Å²) in [4.78, 5) is 0. The van der Waals surface area contributed by atoms with E-state index in [1.54, 1.807) is 6.92 Å². The van der Waals surface area contributed by atoms with Crippen molar-refractivity contribution in [2.75, 3.05) is 14.2 Å². The van der Waals surface area contributed by atoms with Crippen LogP contribution in [0.4, 0.5) is 0 Å². The van der Waals surface area contributed by atoms with Crippen molar-refractivity contribution in [2.45, 2.75) is 37.6 Å². The largest absolute Gasteiger partial charge is 0.388 e. The lowest BCUT2D eigenvalue weighted by Crippen LogP contribution is -2.57. The fraction of sp³-hybridized carbons (Fsp3) is 1.00. The summed E-state index contributed by atoms with van der Waals surface area (Å²) in [5.74, 6) is 0. The highest BCUT2D eigenvalue weighted by atomic mass is 16.7. The second-order valence-electron chi connectivity index (χ2n) is 3.13. The Morgan fingerprint density at radius 1 is 1.08 bits per heavy atom. The summed E-state index contributed by atoms with van der Waals surface area (Å²) in [6.45, 7) is 1.67. The second-order valence-corrected chi connectivity index (χ2v) is 3.13. The third kappa shape index (κ3) is 2.00. The third-order valence-corrected chi connectivity index (χ3v) is 2.29. The molecule has 1 heterocycles. The zero-order valence-corrected chi connectivity index (χ0v) is 8.01. The average Bonchev–Trinajstić information content (AvgIpc) is 2.13. The van der Waals surface area contributed by atoms with Crippen molar-refractivity contribution >= 4 is 0 Å². The monoisotopic (exact) mass is 192 g/mol. The van der Waals surface area contributed by atoms with Crippen LogP contribution in [0.3, 0.4) is 0 Å². The molecule has 0 saturated carbocycles. The Balaban J connectivity index is 2.69. The van der Waals surface area contributed by atoms with Crippen LogP contribution < -0.4 is 0 Å². The van der Waals surface area contributed by atoms with Gasteiger partial charge in [-0.3, -0.25) is 0 Å². The minimum atomic E-state index is -0.973. The van der Waals surface area contributed by atoms with Crippen molar-refractivity contribution in [2.24, 2.45) is 0 Å². The molecule has 13 heavy (non-hydrogen) atoms. The quantitative estimate of drug-likeness (QED) is 0.594. The maximum Gasteiger partial charge on any atom is 0.186 e. The van der Waals surface area contributed by atoms with Gasteiger partial charge in [-0.25, -0.2) is 0 Å². The SMILES string of the molecule is CO[C@@H]1O[C@H](C)[C@@H](O)[C@@H](O)[C@H]1OC. The molecular weight excluding hydrogens is 176 g/mol. The molecule has 0 aromatic rings. The van der Waals surface area contributed by atoms with Gasteiger partial charge < -0.3 is 24.4 Å². The maximum absolute atomic E-state index is 9.57. The van der Waals surface area contributed by atoms with E-state index in [1.807, 2.05) is 0 Å². The van der Waals surface area contributed by atoms with E-state index in [9.17, 15) is 10.2 Å². The van der Waals surface area contributed by atoms with Crippen molar-refractivity contribution in [3.05, 3.63) is 0 Å². The van der Waals surface area contributed by atoms with Crippen LogP contribution in [0.15, 0.2) is 0 Å². The zero-order valence-electron chi connectivity index (χ0n) is 8.01. The van der Waals surface area contributed by atoms with Crippen molar-refractivity contribution in [1.82, 2.24) is 0 Å². The topological polar surface area (TPSA) is 68.2 Å². The molecule has 0 spiro atoms. The number of aliphatic hydroxyl groups is 2. The molecule has 0 radical (unpaired) electrons. The predicted octanol–water partition coefficient (Wildman–Crippen LogP) is -0.886. The second kappa shape index (κ2) is 4.34. The first-order valence-corrected chi connectivity index (χ1v) is 4.19. The number of hydrogen-bond donors (Lipinski definition) is 2. The molecule has 0 aromatic heterocycles. The standard InChI is InChI=1S/C8H16O5/c1-4-5(9)6(10)7(11-2)8(12-3)13-4/h4-10H,1-3H3/t4-,5-,6-,7-,8-/m1/s1. The Hall–Kier alpha value is -0.200. The minimum absolute atomic E-state index is 0.452. The minimum Gasteiger partial charge on any atom is -0.388 e. The molecule has 1 saturated heterocycles. The molecule has 1 fully saturated rings.